The molecule has 4 aliphatic rings. The summed E-state index contributed by atoms with van der Waals surface area (Å²) < 4.78 is 12.4. The van der Waals surface area contributed by atoms with Crippen molar-refractivity contribution in [2.75, 3.05) is 13.2 Å². The van der Waals surface area contributed by atoms with Crippen LogP contribution in [0.3, 0.4) is 0 Å². The van der Waals surface area contributed by atoms with Gasteiger partial charge >= 0.3 is 0 Å². The van der Waals surface area contributed by atoms with Crippen LogP contribution >= 0.6 is 0 Å². The number of primary amides is 1. The van der Waals surface area contributed by atoms with Gasteiger partial charge in [-0.2, -0.15) is 0 Å². The number of carbonyl (C=O) groups excluding carboxylic acids is 2. The number of nitrogens with two attached hydrogens (primary N) is 1. The van der Waals surface area contributed by atoms with E-state index in [1.54, 1.807) is 19.9 Å². The Balaban J connectivity index is 1.41. The van der Waals surface area contributed by atoms with Gasteiger partial charge in [0.1, 0.15) is 23.0 Å². The first-order valence-corrected chi connectivity index (χ1v) is 12.9. The van der Waals surface area contributed by atoms with E-state index in [0.29, 0.717) is 54.8 Å². The van der Waals surface area contributed by atoms with Crippen molar-refractivity contribution in [3.8, 4) is 23.2 Å². The third-order valence-electron chi connectivity index (χ3n) is 7.71. The third kappa shape index (κ3) is 4.18. The van der Waals surface area contributed by atoms with Crippen LogP contribution in [0.5, 0.6) is 0 Å². The molecule has 4 N–H and O–H groups in total. The Morgan fingerprint density at radius 3 is 2.68 bits per heavy atom. The molecule has 2 amide bonds. The second-order valence-electron chi connectivity index (χ2n) is 10.5. The van der Waals surface area contributed by atoms with Crippen LogP contribution in [0.15, 0.2) is 28.8 Å². The zero-order chi connectivity index (χ0) is 26.6. The Kier molecular flexibility index (Phi) is 5.85. The smallest absolute Gasteiger partial charge is 0.270 e. The Bertz CT molecular complexity index is 1500. The standard InChI is InChI=1S/C28H29N5O5/c1-15-11-22(32-38-15)28(2,36)8-5-16-3-4-20-17-13-19(14-17)33-24(27(35)30-18-6-9-37-10-7-18)23(25(29)34)31-26(33)21(20)12-16/h3-4,11-12,17-19,36H,6-7,9-10,13-14H2,1-2H3,(H2,29,34)(H,30,35)/t17?,19?,28-/m1/s1. The van der Waals surface area contributed by atoms with Crippen LogP contribution in [0.4, 0.5) is 0 Å². The summed E-state index contributed by atoms with van der Waals surface area (Å²) in [6.07, 6.45) is 3.12. The van der Waals surface area contributed by atoms with E-state index in [2.05, 4.69) is 27.3 Å². The molecule has 10 nitrogen and oxygen atoms in total. The monoisotopic (exact) mass is 515 g/mol. The summed E-state index contributed by atoms with van der Waals surface area (Å²) in [4.78, 5) is 30.6. The van der Waals surface area contributed by atoms with Crippen molar-refractivity contribution in [1.82, 2.24) is 20.0 Å². The first kappa shape index (κ1) is 24.4. The zero-order valence-corrected chi connectivity index (χ0v) is 21.3. The van der Waals surface area contributed by atoms with Gasteiger partial charge in [0.25, 0.3) is 11.8 Å². The minimum Gasteiger partial charge on any atom is -0.381 e. The first-order valence-electron chi connectivity index (χ1n) is 12.9. The summed E-state index contributed by atoms with van der Waals surface area (Å²) >= 11 is 0. The average Bonchev–Trinajstić information content (AvgIpc) is 3.42. The molecule has 10 heteroatoms. The van der Waals surface area contributed by atoms with Gasteiger partial charge in [-0.1, -0.05) is 23.1 Å². The van der Waals surface area contributed by atoms with Crippen LogP contribution in [0, 0.1) is 18.8 Å². The molecule has 1 saturated heterocycles. The molecule has 2 bridgehead atoms. The highest BCUT2D eigenvalue weighted by Gasteiger charge is 2.42. The lowest BCUT2D eigenvalue weighted by atomic mass is 9.75. The zero-order valence-electron chi connectivity index (χ0n) is 21.3. The highest BCUT2D eigenvalue weighted by atomic mass is 16.5. The number of aryl methyl sites for hydroxylation is 1. The fraction of sp³-hybridized carbons (Fsp3) is 0.429. The van der Waals surface area contributed by atoms with E-state index >= 15 is 0 Å². The van der Waals surface area contributed by atoms with E-state index in [-0.39, 0.29) is 29.4 Å². The van der Waals surface area contributed by atoms with Gasteiger partial charge in [-0.25, -0.2) is 4.98 Å². The van der Waals surface area contributed by atoms with Crippen molar-refractivity contribution in [3.05, 3.63) is 58.2 Å². The molecular weight excluding hydrogens is 486 g/mol. The minimum absolute atomic E-state index is 0.0262. The maximum Gasteiger partial charge on any atom is 0.270 e. The van der Waals surface area contributed by atoms with Crippen LogP contribution in [-0.4, -0.2) is 50.9 Å². The van der Waals surface area contributed by atoms with E-state index in [9.17, 15) is 14.7 Å². The summed E-state index contributed by atoms with van der Waals surface area (Å²) in [5.41, 5.74) is 7.31. The normalized spacial score (nSPS) is 21.6. The molecule has 7 rings (SSSR count). The molecule has 1 aromatic carbocycles. The van der Waals surface area contributed by atoms with E-state index in [0.717, 1.165) is 24.0 Å². The lowest BCUT2D eigenvalue weighted by Crippen LogP contribution is -2.41. The third-order valence-corrected chi connectivity index (χ3v) is 7.71. The average molecular weight is 516 g/mol. The van der Waals surface area contributed by atoms with Gasteiger partial charge in [-0.05, 0) is 63.1 Å². The fourth-order valence-corrected chi connectivity index (χ4v) is 5.55. The number of rotatable bonds is 4. The molecule has 1 atom stereocenters. The number of nitrogens with zero attached hydrogens (tertiary/aromatic N) is 3. The van der Waals surface area contributed by atoms with E-state index < -0.39 is 11.5 Å². The maximum atomic E-state index is 13.5. The predicted molar refractivity (Wildman–Crippen MR) is 136 cm³/mol. The number of benzene rings is 1. The molecule has 2 aromatic heterocycles. The van der Waals surface area contributed by atoms with Crippen molar-refractivity contribution in [1.29, 1.82) is 0 Å². The Labute approximate surface area is 219 Å². The van der Waals surface area contributed by atoms with Crippen LogP contribution in [-0.2, 0) is 10.3 Å². The molecule has 38 heavy (non-hydrogen) atoms. The number of nitrogens with one attached hydrogen (secondary N) is 1. The Morgan fingerprint density at radius 1 is 1.24 bits per heavy atom. The van der Waals surface area contributed by atoms with Gasteiger partial charge in [0.05, 0.1) is 0 Å². The number of hydrogen-bond acceptors (Lipinski definition) is 7. The van der Waals surface area contributed by atoms with Crippen molar-refractivity contribution in [3.63, 3.8) is 0 Å². The van der Waals surface area contributed by atoms with Crippen LogP contribution in [0.25, 0.3) is 11.4 Å². The summed E-state index contributed by atoms with van der Waals surface area (Å²) in [6.45, 7) is 4.48. The molecule has 1 aliphatic carbocycles. The molecule has 0 unspecified atom stereocenters. The van der Waals surface area contributed by atoms with Gasteiger partial charge in [0.15, 0.2) is 11.3 Å². The van der Waals surface area contributed by atoms with Gasteiger partial charge in [-0.3, -0.25) is 9.59 Å². The van der Waals surface area contributed by atoms with Crippen molar-refractivity contribution >= 4 is 11.8 Å². The molecule has 5 heterocycles. The van der Waals surface area contributed by atoms with Crippen LogP contribution in [0.1, 0.15) is 88.1 Å². The molecule has 0 radical (unpaired) electrons. The summed E-state index contributed by atoms with van der Waals surface area (Å²) in [7, 11) is 0. The number of ether oxygens (including phenoxy) is 1. The van der Waals surface area contributed by atoms with Gasteiger partial charge < -0.3 is 30.0 Å². The first-order chi connectivity index (χ1) is 18.2. The lowest BCUT2D eigenvalue weighted by Gasteiger charge is -2.35. The van der Waals surface area contributed by atoms with E-state index in [1.807, 2.05) is 22.8 Å². The van der Waals surface area contributed by atoms with Gasteiger partial charge in [0, 0.05) is 42.5 Å². The van der Waals surface area contributed by atoms with E-state index in [1.165, 1.54) is 0 Å². The van der Waals surface area contributed by atoms with Crippen LogP contribution in [0.2, 0.25) is 0 Å². The number of imidazole rings is 1. The summed E-state index contributed by atoms with van der Waals surface area (Å²) in [5, 5.41) is 17.8. The number of carbonyl (C=O) groups is 2. The quantitative estimate of drug-likeness (QED) is 0.453. The molecule has 0 spiro atoms. The SMILES string of the molecule is Cc1cc([C@](C)(O)C#Cc2ccc3c(c2)-c2nc(C(N)=O)c(C(=O)NC4CCOCC4)n2C2CC3C2)no1. The molecule has 1 saturated carbocycles. The molecule has 3 aromatic rings. The second-order valence-corrected chi connectivity index (χ2v) is 10.5. The second kappa shape index (κ2) is 9.11. The Hall–Kier alpha value is -3.94. The molecule has 2 fully saturated rings. The highest BCUT2D eigenvalue weighted by molar-refractivity contribution is 6.05. The Morgan fingerprint density at radius 2 is 2.00 bits per heavy atom. The number of aromatic nitrogens is 3. The number of amides is 2. The summed E-state index contributed by atoms with van der Waals surface area (Å²) in [6, 6.07) is 7.49. The fourth-order valence-electron chi connectivity index (χ4n) is 5.55. The largest absolute Gasteiger partial charge is 0.381 e. The summed E-state index contributed by atoms with van der Waals surface area (Å²) in [5.74, 6) is 6.28. The topological polar surface area (TPSA) is 146 Å². The highest BCUT2D eigenvalue weighted by Crippen LogP contribution is 2.52. The van der Waals surface area contributed by atoms with Crippen molar-refractivity contribution in [2.24, 2.45) is 5.73 Å². The molecule has 3 aliphatic heterocycles. The number of hydrogen-bond donors (Lipinski definition) is 3. The maximum absolute atomic E-state index is 13.5. The van der Waals surface area contributed by atoms with Crippen molar-refractivity contribution in [2.45, 2.75) is 63.1 Å². The van der Waals surface area contributed by atoms with Gasteiger partial charge in [-0.15, -0.1) is 0 Å². The lowest BCUT2D eigenvalue weighted by molar-refractivity contribution is 0.0687. The molecular formula is C28H29N5O5. The predicted octanol–water partition coefficient (Wildman–Crippen LogP) is 2.55. The number of aliphatic hydroxyl groups is 1. The minimum atomic E-state index is -1.50. The molecule has 196 valence electrons. The van der Waals surface area contributed by atoms with E-state index in [4.69, 9.17) is 15.0 Å². The van der Waals surface area contributed by atoms with Gasteiger partial charge in [0.2, 0.25) is 0 Å². The van der Waals surface area contributed by atoms with Crippen LogP contribution < -0.4 is 11.1 Å². The van der Waals surface area contributed by atoms with Crippen molar-refractivity contribution < 1.29 is 24.0 Å².